The Morgan fingerprint density at radius 2 is 1.96 bits per heavy atom. The predicted molar refractivity (Wildman–Crippen MR) is 96.2 cm³/mol. The van der Waals surface area contributed by atoms with Crippen LogP contribution in [0.1, 0.15) is 18.4 Å². The number of halogens is 3. The van der Waals surface area contributed by atoms with E-state index >= 15 is 0 Å². The van der Waals surface area contributed by atoms with Crippen LogP contribution in [0.5, 0.6) is 0 Å². The van der Waals surface area contributed by atoms with Crippen molar-refractivity contribution >= 4 is 26.4 Å². The Hall–Kier alpha value is -1.45. The van der Waals surface area contributed by atoms with Gasteiger partial charge in [0.1, 0.15) is 6.73 Å². The van der Waals surface area contributed by atoms with Crippen molar-refractivity contribution in [2.75, 3.05) is 43.7 Å². The van der Waals surface area contributed by atoms with Crippen LogP contribution in [0.15, 0.2) is 18.2 Å². The number of amides is 1. The molecular formula is C16H23F3N3O4P. The monoisotopic (exact) mass is 409 g/mol. The zero-order chi connectivity index (χ0) is 20.2. The molecule has 0 radical (unpaired) electrons. The molecule has 0 aliphatic carbocycles. The molecular weight excluding hydrogens is 386 g/mol. The number of carbonyl (C=O) groups excluding carboxylic acids is 1. The van der Waals surface area contributed by atoms with Crippen LogP contribution in [0.3, 0.4) is 0 Å². The Kier molecular flexibility index (Phi) is 7.41. The Balaban J connectivity index is 2.47. The lowest BCUT2D eigenvalue weighted by Crippen LogP contribution is -2.44. The molecule has 27 heavy (non-hydrogen) atoms. The molecule has 2 N–H and O–H groups in total. The van der Waals surface area contributed by atoms with E-state index in [-0.39, 0.29) is 24.1 Å². The van der Waals surface area contributed by atoms with Crippen LogP contribution < -0.4 is 9.80 Å². The first kappa shape index (κ1) is 21.8. The Bertz CT molecular complexity index is 640. The minimum atomic E-state index is -4.65. The van der Waals surface area contributed by atoms with Crippen LogP contribution in [-0.4, -0.2) is 61.1 Å². The second-order valence-corrected chi connectivity index (χ2v) is 7.19. The number of alkyl halides is 3. The molecule has 7 nitrogen and oxygen atoms in total. The van der Waals surface area contributed by atoms with E-state index in [0.29, 0.717) is 32.3 Å². The van der Waals surface area contributed by atoms with Crippen molar-refractivity contribution in [3.8, 4) is 0 Å². The van der Waals surface area contributed by atoms with Gasteiger partial charge in [-0.15, -0.1) is 0 Å². The average Bonchev–Trinajstić information content (AvgIpc) is 2.61. The summed E-state index contributed by atoms with van der Waals surface area (Å²) in [7, 11) is 0.722. The van der Waals surface area contributed by atoms with E-state index in [1.807, 2.05) is 7.05 Å². The largest absolute Gasteiger partial charge is 0.418 e. The van der Waals surface area contributed by atoms with Gasteiger partial charge in [0.15, 0.2) is 0 Å². The number of nitrogens with zero attached hydrogens (tertiary/aromatic N) is 3. The van der Waals surface area contributed by atoms with Crippen LogP contribution >= 0.6 is 8.60 Å². The summed E-state index contributed by atoms with van der Waals surface area (Å²) in [4.78, 5) is 34.1. The first-order valence-corrected chi connectivity index (χ1v) is 9.46. The van der Waals surface area contributed by atoms with E-state index in [1.165, 1.54) is 24.1 Å². The van der Waals surface area contributed by atoms with Crippen molar-refractivity contribution in [3.05, 3.63) is 23.8 Å². The normalized spacial score (nSPS) is 16.6. The van der Waals surface area contributed by atoms with Crippen LogP contribution in [0, 0.1) is 0 Å². The van der Waals surface area contributed by atoms with E-state index in [0.717, 1.165) is 11.0 Å². The fourth-order valence-corrected chi connectivity index (χ4v) is 3.42. The third-order valence-corrected chi connectivity index (χ3v) is 4.90. The van der Waals surface area contributed by atoms with Gasteiger partial charge in [-0.25, -0.2) is 0 Å². The lowest BCUT2D eigenvalue weighted by Gasteiger charge is -2.38. The number of benzene rings is 1. The van der Waals surface area contributed by atoms with Crippen molar-refractivity contribution in [1.82, 2.24) is 4.90 Å². The number of anilines is 2. The van der Waals surface area contributed by atoms with Crippen molar-refractivity contribution in [3.63, 3.8) is 0 Å². The molecule has 1 amide bonds. The molecule has 1 aromatic rings. The number of piperidine rings is 1. The average molecular weight is 409 g/mol. The Morgan fingerprint density at radius 1 is 1.33 bits per heavy atom. The SMILES string of the molecule is CN1CCC(N(C=O)c2c(N(C)COP(O)O)cccc2C(F)(F)F)CC1. The van der Waals surface area contributed by atoms with Gasteiger partial charge in [0.05, 0.1) is 16.9 Å². The highest BCUT2D eigenvalue weighted by Crippen LogP contribution is 2.43. The molecule has 1 aromatic carbocycles. The zero-order valence-corrected chi connectivity index (χ0v) is 16.0. The molecule has 1 aliphatic heterocycles. The zero-order valence-electron chi connectivity index (χ0n) is 15.1. The lowest BCUT2D eigenvalue weighted by atomic mass is 10.0. The Labute approximate surface area is 156 Å². The topological polar surface area (TPSA) is 76.5 Å². The molecule has 2 rings (SSSR count). The molecule has 1 saturated heterocycles. The second-order valence-electron chi connectivity index (χ2n) is 6.43. The molecule has 1 aliphatic rings. The lowest BCUT2D eigenvalue weighted by molar-refractivity contribution is -0.137. The third-order valence-electron chi connectivity index (χ3n) is 4.55. The summed E-state index contributed by atoms with van der Waals surface area (Å²) in [6.45, 7) is 1.01. The number of rotatable bonds is 7. The highest BCUT2D eigenvalue weighted by atomic mass is 31.2. The minimum absolute atomic E-state index is 0.118. The maximum Gasteiger partial charge on any atom is 0.418 e. The maximum absolute atomic E-state index is 13.7. The molecule has 152 valence electrons. The maximum atomic E-state index is 13.7. The molecule has 11 heteroatoms. The molecule has 0 spiro atoms. The van der Waals surface area contributed by atoms with Gasteiger partial charge in [-0.1, -0.05) is 6.07 Å². The van der Waals surface area contributed by atoms with E-state index in [2.05, 4.69) is 4.90 Å². The number of para-hydroxylation sites is 1. The fourth-order valence-electron chi connectivity index (χ4n) is 3.14. The van der Waals surface area contributed by atoms with Crippen LogP contribution in [0.2, 0.25) is 0 Å². The van der Waals surface area contributed by atoms with Crippen molar-refractivity contribution in [2.24, 2.45) is 0 Å². The van der Waals surface area contributed by atoms with E-state index in [9.17, 15) is 18.0 Å². The van der Waals surface area contributed by atoms with E-state index < -0.39 is 20.3 Å². The van der Waals surface area contributed by atoms with E-state index in [1.54, 1.807) is 0 Å². The number of likely N-dealkylation sites (tertiary alicyclic amines) is 1. The van der Waals surface area contributed by atoms with Gasteiger partial charge >= 0.3 is 14.8 Å². The van der Waals surface area contributed by atoms with Gasteiger partial charge in [-0.3, -0.25) is 9.32 Å². The molecule has 0 atom stereocenters. The summed E-state index contributed by atoms with van der Waals surface area (Å²) in [5.41, 5.74) is -1.05. The quantitative estimate of drug-likeness (QED) is 0.409. The molecule has 1 heterocycles. The standard InChI is InChI=1S/C16H23F3N3O4P/c1-20-8-6-12(7-9-20)22(10-23)15-13(16(17,18)19)4-3-5-14(15)21(2)11-26-27(24)25/h3-5,10,12,24-25H,6-9,11H2,1-2H3. The highest BCUT2D eigenvalue weighted by Gasteiger charge is 2.38. The summed E-state index contributed by atoms with van der Waals surface area (Å²) >= 11 is 0. The first-order valence-electron chi connectivity index (χ1n) is 8.29. The summed E-state index contributed by atoms with van der Waals surface area (Å²) in [6.07, 6.45) is -3.11. The van der Waals surface area contributed by atoms with Gasteiger partial charge < -0.3 is 24.5 Å². The van der Waals surface area contributed by atoms with E-state index in [4.69, 9.17) is 14.3 Å². The van der Waals surface area contributed by atoms with Crippen molar-refractivity contribution < 1.29 is 32.3 Å². The number of hydrogen-bond donors (Lipinski definition) is 2. The van der Waals surface area contributed by atoms with Gasteiger partial charge in [-0.2, -0.15) is 13.2 Å². The Morgan fingerprint density at radius 3 is 2.48 bits per heavy atom. The first-order chi connectivity index (χ1) is 12.6. The van der Waals surface area contributed by atoms with Crippen LogP contribution in [0.4, 0.5) is 24.5 Å². The minimum Gasteiger partial charge on any atom is -0.350 e. The summed E-state index contributed by atoms with van der Waals surface area (Å²) in [5.74, 6) is 0. The molecule has 0 saturated carbocycles. The fraction of sp³-hybridized carbons (Fsp3) is 0.562. The summed E-state index contributed by atoms with van der Waals surface area (Å²) in [5, 5.41) is 0. The van der Waals surface area contributed by atoms with Gasteiger partial charge in [0.25, 0.3) is 0 Å². The molecule has 0 aromatic heterocycles. The van der Waals surface area contributed by atoms with Crippen molar-refractivity contribution in [2.45, 2.75) is 25.1 Å². The molecule has 0 bridgehead atoms. The molecule has 0 unspecified atom stereocenters. The van der Waals surface area contributed by atoms with Crippen LogP contribution in [-0.2, 0) is 15.5 Å². The van der Waals surface area contributed by atoms with Crippen molar-refractivity contribution in [1.29, 1.82) is 0 Å². The van der Waals surface area contributed by atoms with Gasteiger partial charge in [-0.05, 0) is 45.1 Å². The smallest absolute Gasteiger partial charge is 0.350 e. The van der Waals surface area contributed by atoms with Crippen LogP contribution in [0.25, 0.3) is 0 Å². The second kappa shape index (κ2) is 9.16. The van der Waals surface area contributed by atoms with Gasteiger partial charge in [0.2, 0.25) is 6.41 Å². The highest BCUT2D eigenvalue weighted by molar-refractivity contribution is 7.39. The van der Waals surface area contributed by atoms with Gasteiger partial charge in [0, 0.05) is 13.1 Å². The number of carbonyl (C=O) groups is 1. The summed E-state index contributed by atoms with van der Waals surface area (Å²) < 4.78 is 45.7. The predicted octanol–water partition coefficient (Wildman–Crippen LogP) is 2.38. The molecule has 1 fully saturated rings. The number of hydrogen-bond acceptors (Lipinski definition) is 6. The third kappa shape index (κ3) is 5.52. The summed E-state index contributed by atoms with van der Waals surface area (Å²) in [6, 6.07) is 3.26.